The summed E-state index contributed by atoms with van der Waals surface area (Å²) in [6.45, 7) is 0.129. The molecule has 2 aromatic carbocycles. The lowest BCUT2D eigenvalue weighted by Crippen LogP contribution is -2.61. The second-order valence-electron chi connectivity index (χ2n) is 16.8. The number of amides is 4. The molecule has 10 N–H and O–H groups in total. The van der Waals surface area contributed by atoms with E-state index in [2.05, 4.69) is 21.3 Å². The Kier molecular flexibility index (Phi) is 14.4. The Balaban J connectivity index is 0.961. The molecule has 26 nitrogen and oxygen atoms in total. The number of hydrogen-bond acceptors (Lipinski definition) is 19. The van der Waals surface area contributed by atoms with E-state index in [-0.39, 0.29) is 87.0 Å². The van der Waals surface area contributed by atoms with Crippen molar-refractivity contribution in [2.45, 2.75) is 89.3 Å². The highest BCUT2D eigenvalue weighted by Gasteiger charge is 2.48. The highest BCUT2D eigenvalue weighted by atomic mass is 16.7. The van der Waals surface area contributed by atoms with Crippen molar-refractivity contribution in [3.8, 4) is 28.6 Å². The van der Waals surface area contributed by atoms with E-state index in [1.165, 1.54) is 35.8 Å². The predicted octanol–water partition coefficient (Wildman–Crippen LogP) is -0.997. The molecule has 2 aromatic heterocycles. The summed E-state index contributed by atoms with van der Waals surface area (Å²) in [5.74, 6) is -5.84. The van der Waals surface area contributed by atoms with Gasteiger partial charge in [-0.3, -0.25) is 24.0 Å². The van der Waals surface area contributed by atoms with Crippen LogP contribution in [0.25, 0.3) is 22.3 Å². The maximum atomic E-state index is 13.7. The van der Waals surface area contributed by atoms with Crippen LogP contribution in [0.3, 0.4) is 0 Å². The minimum absolute atomic E-state index is 0.00957. The fourth-order valence-electron chi connectivity index (χ4n) is 8.17. The van der Waals surface area contributed by atoms with Crippen molar-refractivity contribution in [3.05, 3.63) is 74.6 Å². The topological polar surface area (TPSA) is 379 Å². The van der Waals surface area contributed by atoms with E-state index in [0.29, 0.717) is 44.9 Å². The number of ether oxygens (including phenoxy) is 6. The molecule has 0 radical (unpaired) electrons. The molecule has 7 atom stereocenters. The van der Waals surface area contributed by atoms with Crippen LogP contribution in [0.1, 0.15) is 60.1 Å². The van der Waals surface area contributed by atoms with Crippen LogP contribution in [0, 0.1) is 5.92 Å². The van der Waals surface area contributed by atoms with Gasteiger partial charge in [0.05, 0.1) is 40.6 Å². The number of carbonyl (C=O) groups excluding carboxylic acids is 5. The van der Waals surface area contributed by atoms with Gasteiger partial charge in [0.2, 0.25) is 30.8 Å². The van der Waals surface area contributed by atoms with Crippen molar-refractivity contribution < 1.29 is 92.6 Å². The Morgan fingerprint density at radius 1 is 0.845 bits per heavy atom. The molecule has 8 rings (SSSR count). The number of carboxylic acid groups (broad SMARTS) is 2. The van der Waals surface area contributed by atoms with Crippen molar-refractivity contribution in [2.24, 2.45) is 5.92 Å². The lowest BCUT2D eigenvalue weighted by atomic mass is 9.98. The number of aliphatic carboxylic acids is 2. The number of esters is 1. The summed E-state index contributed by atoms with van der Waals surface area (Å²) in [5, 5.41) is 71.0. The minimum Gasteiger partial charge on any atom is -0.481 e. The third kappa shape index (κ3) is 10.5. The maximum absolute atomic E-state index is 13.7. The highest BCUT2D eigenvalue weighted by Crippen LogP contribution is 2.42. The molecule has 3 unspecified atom stereocenters. The summed E-state index contributed by atoms with van der Waals surface area (Å²) < 4.78 is 34.1. The number of pyridine rings is 2. The summed E-state index contributed by atoms with van der Waals surface area (Å²) >= 11 is 0. The number of carbonyl (C=O) groups is 7. The number of aliphatic hydroxyl groups excluding tert-OH is 4. The lowest BCUT2D eigenvalue weighted by Gasteiger charge is -2.38. The Labute approximate surface area is 399 Å². The molecule has 0 aliphatic carbocycles. The fourth-order valence-corrected chi connectivity index (χ4v) is 8.17. The van der Waals surface area contributed by atoms with Crippen LogP contribution in [0.2, 0.25) is 0 Å². The zero-order chi connectivity index (χ0) is 50.8. The summed E-state index contributed by atoms with van der Waals surface area (Å²) in [5.41, 5.74) is 2.02. The number of benzene rings is 2. The molecule has 26 heteroatoms. The van der Waals surface area contributed by atoms with Gasteiger partial charge in [-0.05, 0) is 35.4 Å². The second-order valence-corrected chi connectivity index (χ2v) is 16.8. The van der Waals surface area contributed by atoms with Crippen LogP contribution in [-0.4, -0.2) is 133 Å². The van der Waals surface area contributed by atoms with Gasteiger partial charge in [-0.25, -0.2) is 19.4 Å². The van der Waals surface area contributed by atoms with Crippen molar-refractivity contribution in [1.82, 2.24) is 25.5 Å². The van der Waals surface area contributed by atoms with Gasteiger partial charge in [-0.15, -0.1) is 0 Å². The number of alkyl carbamates (subject to hydrolysis) is 1. The number of rotatable bonds is 17. The SMILES string of the molecule is C[C@H](CC(=O)NCCC(=O)NCCC(=O)Nc1cc(COC(=O)NCc2c3c(nc4cc5c(cc24)OCO5)-c2cc4c(c(=O)n2C3)COC(=O)[C@H]4O)ccc1O[C@@H]1OC(C(=O)O)[C@@H](O)C(O)C1O)C(=O)O. The zero-order valence-corrected chi connectivity index (χ0v) is 37.4. The zero-order valence-electron chi connectivity index (χ0n) is 37.4. The second kappa shape index (κ2) is 20.6. The van der Waals surface area contributed by atoms with Crippen LogP contribution >= 0.6 is 0 Å². The number of hydrogen-bond donors (Lipinski definition) is 10. The average molecular weight is 991 g/mol. The third-order valence-electron chi connectivity index (χ3n) is 12.0. The molecule has 376 valence electrons. The Morgan fingerprint density at radius 2 is 1.56 bits per heavy atom. The quantitative estimate of drug-likeness (QED) is 0.0500. The molecule has 0 bridgehead atoms. The van der Waals surface area contributed by atoms with Gasteiger partial charge in [0, 0.05) is 61.5 Å². The molecule has 4 aliphatic heterocycles. The van der Waals surface area contributed by atoms with Gasteiger partial charge in [-0.1, -0.05) is 13.0 Å². The monoisotopic (exact) mass is 990 g/mol. The number of fused-ring (bicyclic) bond motifs is 6. The normalized spacial score (nSPS) is 20.9. The number of nitrogens with zero attached hydrogens (tertiary/aromatic N) is 2. The molecule has 0 spiro atoms. The highest BCUT2D eigenvalue weighted by molar-refractivity contribution is 5.93. The van der Waals surface area contributed by atoms with Crippen LogP contribution in [-0.2, 0) is 69.3 Å². The summed E-state index contributed by atoms with van der Waals surface area (Å²) in [7, 11) is 0. The van der Waals surface area contributed by atoms with Gasteiger partial charge in [-0.2, -0.15) is 0 Å². The summed E-state index contributed by atoms with van der Waals surface area (Å²) in [6, 6.07) is 8.82. The lowest BCUT2D eigenvalue weighted by molar-refractivity contribution is -0.271. The first-order valence-electron chi connectivity index (χ1n) is 21.9. The summed E-state index contributed by atoms with van der Waals surface area (Å²) in [6.07, 6.45) is -13.3. The molecule has 71 heavy (non-hydrogen) atoms. The van der Waals surface area contributed by atoms with Crippen LogP contribution in [0.4, 0.5) is 10.5 Å². The minimum atomic E-state index is -2.02. The Morgan fingerprint density at radius 3 is 2.30 bits per heavy atom. The molecule has 6 heterocycles. The van der Waals surface area contributed by atoms with Gasteiger partial charge < -0.3 is 84.9 Å². The molecular formula is C45H46N6O20. The first kappa shape index (κ1) is 49.5. The molecular weight excluding hydrogens is 945 g/mol. The van der Waals surface area contributed by atoms with Gasteiger partial charge in [0.1, 0.15) is 37.3 Å². The molecule has 0 saturated carbocycles. The van der Waals surface area contributed by atoms with E-state index < -0.39 is 96.6 Å². The number of aromatic nitrogens is 2. The largest absolute Gasteiger partial charge is 0.481 e. The molecule has 1 saturated heterocycles. The number of aliphatic hydroxyl groups is 4. The van der Waals surface area contributed by atoms with Crippen molar-refractivity contribution in [2.75, 3.05) is 25.2 Å². The van der Waals surface area contributed by atoms with Crippen molar-refractivity contribution in [1.29, 1.82) is 0 Å². The van der Waals surface area contributed by atoms with E-state index >= 15 is 0 Å². The Bertz CT molecular complexity index is 2910. The number of carboxylic acids is 2. The molecule has 4 aliphatic rings. The standard InChI is InChI=1S/C45H46N6O20/c1-18(41(60)61)8-33(54)47-6-4-31(52)46-7-5-32(53)49-26-9-19(2-3-28(26)70-44-38(58)36(56)37(57)39(71-44)42(62)63)15-67-45(65)48-13-22-20-11-29-30(69-17-68-29)12-25(20)50-34-23(22)14-51-27(34)10-21-24(40(51)59)16-66-43(64)35(21)55/h2-3,9-12,18,35-39,44,55-58H,4-8,13-17H2,1H3,(H,46,52)(H,47,54)(H,48,65)(H,49,53)(H,60,61)(H,62,63)/t18-,35+,36?,37+,38?,39?,44-/m1/s1. The average Bonchev–Trinajstić information content (AvgIpc) is 3.95. The van der Waals surface area contributed by atoms with Crippen LogP contribution < -0.4 is 41.0 Å². The van der Waals surface area contributed by atoms with Gasteiger partial charge in [0.25, 0.3) is 5.56 Å². The van der Waals surface area contributed by atoms with Gasteiger partial charge >= 0.3 is 24.0 Å². The number of nitrogens with one attached hydrogen (secondary N) is 4. The first-order chi connectivity index (χ1) is 33.9. The van der Waals surface area contributed by atoms with E-state index in [9.17, 15) is 63.9 Å². The Hall–Kier alpha value is -7.91. The van der Waals surface area contributed by atoms with E-state index in [1.54, 1.807) is 12.1 Å². The third-order valence-corrected chi connectivity index (χ3v) is 12.0. The smallest absolute Gasteiger partial charge is 0.407 e. The number of anilines is 1. The van der Waals surface area contributed by atoms with E-state index in [4.69, 9.17) is 38.5 Å². The van der Waals surface area contributed by atoms with Gasteiger partial charge in [0.15, 0.2) is 23.7 Å². The molecule has 4 aromatic rings. The van der Waals surface area contributed by atoms with Crippen LogP contribution in [0.5, 0.6) is 17.2 Å². The van der Waals surface area contributed by atoms with Crippen molar-refractivity contribution in [3.63, 3.8) is 0 Å². The predicted molar refractivity (Wildman–Crippen MR) is 235 cm³/mol. The first-order valence-corrected chi connectivity index (χ1v) is 21.9. The van der Waals surface area contributed by atoms with Crippen molar-refractivity contribution >= 4 is 58.3 Å². The number of cyclic esters (lactones) is 1. The van der Waals surface area contributed by atoms with Crippen LogP contribution in [0.15, 0.2) is 41.2 Å². The fraction of sp³-hybridized carbons (Fsp3) is 0.400. The molecule has 4 amide bonds. The molecule has 1 fully saturated rings. The van der Waals surface area contributed by atoms with E-state index in [0.717, 1.165) is 0 Å². The summed E-state index contributed by atoms with van der Waals surface area (Å²) in [4.78, 5) is 104. The maximum Gasteiger partial charge on any atom is 0.407 e. The van der Waals surface area contributed by atoms with E-state index in [1.807, 2.05) is 0 Å².